The Hall–Kier alpha value is -1.66. The number of allylic oxidation sites excluding steroid dienone is 1. The van der Waals surface area contributed by atoms with Crippen LogP contribution in [0, 0.1) is 6.92 Å². The van der Waals surface area contributed by atoms with Crippen molar-refractivity contribution in [3.8, 4) is 0 Å². The third-order valence-corrected chi connectivity index (χ3v) is 4.95. The van der Waals surface area contributed by atoms with Crippen LogP contribution in [0.15, 0.2) is 40.8 Å². The fourth-order valence-electron chi connectivity index (χ4n) is 1.94. The van der Waals surface area contributed by atoms with Gasteiger partial charge in [-0.3, -0.25) is 4.79 Å². The molecule has 0 spiro atoms. The van der Waals surface area contributed by atoms with E-state index in [0.29, 0.717) is 0 Å². The van der Waals surface area contributed by atoms with Crippen LogP contribution in [0.25, 0.3) is 0 Å². The largest absolute Gasteiger partial charge is 0.465 e. The number of esters is 1. The number of rotatable bonds is 7. The first kappa shape index (κ1) is 19.4. The van der Waals surface area contributed by atoms with E-state index < -0.39 is 21.5 Å². The van der Waals surface area contributed by atoms with Gasteiger partial charge in [-0.1, -0.05) is 29.3 Å². The van der Waals surface area contributed by atoms with Crippen molar-refractivity contribution in [2.24, 2.45) is 0 Å². The zero-order valence-corrected chi connectivity index (χ0v) is 15.2. The molecule has 1 aromatic rings. The summed E-state index contributed by atoms with van der Waals surface area (Å²) in [5.41, 5.74) is 0.605. The maximum atomic E-state index is 12.6. The van der Waals surface area contributed by atoms with Gasteiger partial charge in [0.05, 0.1) is 11.5 Å². The molecule has 6 heteroatoms. The molecule has 128 valence electrons. The lowest BCUT2D eigenvalue weighted by atomic mass is 9.98. The molecule has 5 nitrogen and oxygen atoms in total. The van der Waals surface area contributed by atoms with Gasteiger partial charge in [0.15, 0.2) is 0 Å². The van der Waals surface area contributed by atoms with Crippen LogP contribution >= 0.6 is 0 Å². The topological polar surface area (TPSA) is 72.5 Å². The summed E-state index contributed by atoms with van der Waals surface area (Å²) < 4.78 is 32.7. The Balaban J connectivity index is 3.15. The highest BCUT2D eigenvalue weighted by atomic mass is 32.2. The van der Waals surface area contributed by atoms with Crippen molar-refractivity contribution < 1.29 is 17.9 Å². The first-order valence-corrected chi connectivity index (χ1v) is 9.00. The van der Waals surface area contributed by atoms with E-state index in [1.165, 1.54) is 19.1 Å². The molecule has 1 rings (SSSR count). The minimum atomic E-state index is -3.83. The number of ether oxygens (including phenoxy) is 1. The Morgan fingerprint density at radius 2 is 1.83 bits per heavy atom. The third kappa shape index (κ3) is 5.48. The molecule has 1 N–H and O–H groups in total. The van der Waals surface area contributed by atoms with E-state index in [1.54, 1.807) is 19.1 Å². The number of hydrogen-bond donors (Lipinski definition) is 1. The average Bonchev–Trinajstić information content (AvgIpc) is 2.45. The average molecular weight is 339 g/mol. The van der Waals surface area contributed by atoms with Crippen LogP contribution in [-0.4, -0.2) is 26.5 Å². The van der Waals surface area contributed by atoms with Crippen molar-refractivity contribution in [1.29, 1.82) is 0 Å². The van der Waals surface area contributed by atoms with Crippen molar-refractivity contribution >= 4 is 16.0 Å². The maximum Gasteiger partial charge on any atom is 0.327 e. The summed E-state index contributed by atoms with van der Waals surface area (Å²) in [6.07, 6.45) is 2.04. The van der Waals surface area contributed by atoms with Gasteiger partial charge >= 0.3 is 5.97 Å². The number of nitrogens with one attached hydrogen (secondary N) is 1. The highest BCUT2D eigenvalue weighted by molar-refractivity contribution is 7.89. The van der Waals surface area contributed by atoms with Crippen molar-refractivity contribution in [1.82, 2.24) is 4.72 Å². The summed E-state index contributed by atoms with van der Waals surface area (Å²) >= 11 is 0. The second-order valence-electron chi connectivity index (χ2n) is 5.96. The Morgan fingerprint density at radius 1 is 1.26 bits per heavy atom. The van der Waals surface area contributed by atoms with E-state index in [1.807, 2.05) is 26.8 Å². The van der Waals surface area contributed by atoms with E-state index in [9.17, 15) is 13.2 Å². The molecule has 0 aliphatic rings. The number of carbonyl (C=O) groups excluding carboxylic acids is 1. The van der Waals surface area contributed by atoms with Gasteiger partial charge in [-0.15, -0.1) is 0 Å². The molecule has 1 atom stereocenters. The van der Waals surface area contributed by atoms with E-state index in [2.05, 4.69) is 4.72 Å². The molecule has 0 amide bonds. The van der Waals surface area contributed by atoms with Gasteiger partial charge in [0, 0.05) is 0 Å². The first-order valence-electron chi connectivity index (χ1n) is 7.52. The number of sulfonamides is 1. The summed E-state index contributed by atoms with van der Waals surface area (Å²) in [5.74, 6) is -0.590. The Kier molecular flexibility index (Phi) is 6.53. The number of aryl methyl sites for hydroxylation is 1. The highest BCUT2D eigenvalue weighted by Gasteiger charge is 2.38. The normalized spacial score (nSPS) is 14.0. The highest BCUT2D eigenvalue weighted by Crippen LogP contribution is 2.20. The van der Waals surface area contributed by atoms with Crippen molar-refractivity contribution in [2.45, 2.75) is 51.5 Å². The Bertz CT molecular complexity index is 673. The molecule has 0 radical (unpaired) electrons. The monoisotopic (exact) mass is 339 g/mol. The van der Waals surface area contributed by atoms with Crippen molar-refractivity contribution in [3.63, 3.8) is 0 Å². The fraction of sp³-hybridized carbons (Fsp3) is 0.471. The molecule has 1 aromatic carbocycles. The van der Waals surface area contributed by atoms with Gasteiger partial charge in [0.25, 0.3) is 0 Å². The van der Waals surface area contributed by atoms with Crippen LogP contribution in [0.3, 0.4) is 0 Å². The molecular formula is C17H25NO4S. The van der Waals surface area contributed by atoms with Crippen LogP contribution in [0.2, 0.25) is 0 Å². The summed E-state index contributed by atoms with van der Waals surface area (Å²) in [5, 5.41) is 0. The van der Waals surface area contributed by atoms with Gasteiger partial charge in [-0.05, 0) is 53.2 Å². The number of hydrogen-bond acceptors (Lipinski definition) is 4. The molecule has 0 bridgehead atoms. The molecule has 0 aliphatic heterocycles. The minimum absolute atomic E-state index is 0.121. The SMILES string of the molecule is CCOC(=O)[C@@](C)(CC=C(C)C)NS(=O)(=O)c1ccc(C)cc1. The smallest absolute Gasteiger partial charge is 0.327 e. The van der Waals surface area contributed by atoms with E-state index in [-0.39, 0.29) is 17.9 Å². The van der Waals surface area contributed by atoms with E-state index in [4.69, 9.17) is 4.74 Å². The quantitative estimate of drug-likeness (QED) is 0.612. The van der Waals surface area contributed by atoms with E-state index >= 15 is 0 Å². The van der Waals surface area contributed by atoms with Crippen LogP contribution in [0.5, 0.6) is 0 Å². The fourth-order valence-corrected chi connectivity index (χ4v) is 3.31. The van der Waals surface area contributed by atoms with Crippen LogP contribution in [0.4, 0.5) is 0 Å². The lowest BCUT2D eigenvalue weighted by molar-refractivity contribution is -0.149. The zero-order valence-electron chi connectivity index (χ0n) is 14.3. The molecule has 0 unspecified atom stereocenters. The lowest BCUT2D eigenvalue weighted by Crippen LogP contribution is -2.52. The predicted octanol–water partition coefficient (Wildman–Crippen LogP) is 2.95. The van der Waals surface area contributed by atoms with Crippen molar-refractivity contribution in [2.75, 3.05) is 6.61 Å². The standard InChI is InChI=1S/C17H25NO4S/c1-6-22-16(19)17(5,12-11-13(2)3)18-23(20,21)15-9-7-14(4)8-10-15/h7-11,18H,6,12H2,1-5H3/t17-/m1/s1. The molecule has 0 heterocycles. The van der Waals surface area contributed by atoms with Gasteiger partial charge < -0.3 is 4.74 Å². The minimum Gasteiger partial charge on any atom is -0.465 e. The summed E-state index contributed by atoms with van der Waals surface area (Å²) in [7, 11) is -3.83. The van der Waals surface area contributed by atoms with Gasteiger partial charge in [0.1, 0.15) is 5.54 Å². The molecule has 0 fully saturated rings. The van der Waals surface area contributed by atoms with Crippen LogP contribution in [-0.2, 0) is 19.6 Å². The second kappa shape index (κ2) is 7.75. The summed E-state index contributed by atoms with van der Waals surface area (Å²) in [6, 6.07) is 6.47. The molecule has 23 heavy (non-hydrogen) atoms. The third-order valence-electron chi connectivity index (χ3n) is 3.34. The number of benzene rings is 1. The molecular weight excluding hydrogens is 314 g/mol. The predicted molar refractivity (Wildman–Crippen MR) is 90.6 cm³/mol. The Labute approximate surface area is 138 Å². The second-order valence-corrected chi connectivity index (χ2v) is 7.64. The summed E-state index contributed by atoms with van der Waals surface area (Å²) in [6.45, 7) is 9.07. The van der Waals surface area contributed by atoms with Gasteiger partial charge in [-0.25, -0.2) is 8.42 Å². The van der Waals surface area contributed by atoms with Crippen LogP contribution in [0.1, 0.15) is 39.7 Å². The Morgan fingerprint density at radius 3 is 2.30 bits per heavy atom. The van der Waals surface area contributed by atoms with E-state index in [0.717, 1.165) is 11.1 Å². The number of carbonyl (C=O) groups is 1. The van der Waals surface area contributed by atoms with Gasteiger partial charge in [-0.2, -0.15) is 4.72 Å². The van der Waals surface area contributed by atoms with Crippen molar-refractivity contribution in [3.05, 3.63) is 41.5 Å². The zero-order chi connectivity index (χ0) is 17.7. The molecule has 0 saturated carbocycles. The maximum absolute atomic E-state index is 12.6. The van der Waals surface area contributed by atoms with Gasteiger partial charge in [0.2, 0.25) is 10.0 Å². The van der Waals surface area contributed by atoms with Crippen LogP contribution < -0.4 is 4.72 Å². The molecule has 0 saturated heterocycles. The lowest BCUT2D eigenvalue weighted by Gasteiger charge is -2.27. The summed E-state index contributed by atoms with van der Waals surface area (Å²) in [4.78, 5) is 12.4. The molecule has 0 aromatic heterocycles. The first-order chi connectivity index (χ1) is 10.6. The molecule has 0 aliphatic carbocycles.